The van der Waals surface area contributed by atoms with Gasteiger partial charge in [-0.1, -0.05) is 26.8 Å². The third-order valence-electron chi connectivity index (χ3n) is 3.57. The van der Waals surface area contributed by atoms with E-state index in [0.29, 0.717) is 0 Å². The first kappa shape index (κ1) is 21.0. The lowest BCUT2D eigenvalue weighted by atomic mass is 9.82. The standard InChI is InChI=1S/C17H21BrN2O5/c1-16(2,3)14(21)19-13(17(4,5)15(22)25-6)10-8-7-9-11(18)12(10)20(23)24/h7-9H,1-6H3. The summed E-state index contributed by atoms with van der Waals surface area (Å²) in [4.78, 5) is 39.7. The fourth-order valence-corrected chi connectivity index (χ4v) is 2.56. The molecule has 0 aliphatic carbocycles. The smallest absolute Gasteiger partial charge is 0.317 e. The van der Waals surface area contributed by atoms with Crippen molar-refractivity contribution in [1.29, 1.82) is 0 Å². The fraction of sp³-hybridized carbons (Fsp3) is 0.471. The van der Waals surface area contributed by atoms with E-state index in [0.717, 1.165) is 0 Å². The zero-order valence-corrected chi connectivity index (χ0v) is 16.6. The predicted octanol–water partition coefficient (Wildman–Crippen LogP) is 3.92. The lowest BCUT2D eigenvalue weighted by Crippen LogP contribution is -2.37. The van der Waals surface area contributed by atoms with Gasteiger partial charge in [0.15, 0.2) is 0 Å². The summed E-state index contributed by atoms with van der Waals surface area (Å²) in [6.07, 6.45) is 0. The van der Waals surface area contributed by atoms with Gasteiger partial charge in [0.1, 0.15) is 5.41 Å². The number of halogens is 1. The highest BCUT2D eigenvalue weighted by Gasteiger charge is 2.40. The Morgan fingerprint density at radius 3 is 2.20 bits per heavy atom. The molecule has 0 bridgehead atoms. The summed E-state index contributed by atoms with van der Waals surface area (Å²) >= 11 is 3.14. The van der Waals surface area contributed by atoms with Crippen LogP contribution in [-0.4, -0.2) is 29.6 Å². The number of ether oxygens (including phenoxy) is 1. The summed E-state index contributed by atoms with van der Waals surface area (Å²) < 4.78 is 5.03. The van der Waals surface area contributed by atoms with Crippen molar-refractivity contribution in [3.8, 4) is 0 Å². The van der Waals surface area contributed by atoms with Crippen LogP contribution in [0.3, 0.4) is 0 Å². The summed E-state index contributed by atoms with van der Waals surface area (Å²) in [6.45, 7) is 8.06. The van der Waals surface area contributed by atoms with E-state index in [9.17, 15) is 19.7 Å². The topological polar surface area (TPSA) is 98.9 Å². The Balaban J connectivity index is 3.80. The average molecular weight is 413 g/mol. The van der Waals surface area contributed by atoms with E-state index < -0.39 is 27.6 Å². The van der Waals surface area contributed by atoms with Gasteiger partial charge in [-0.3, -0.25) is 19.7 Å². The Kier molecular flexibility index (Phi) is 6.23. The van der Waals surface area contributed by atoms with Gasteiger partial charge in [0.05, 0.1) is 27.8 Å². The van der Waals surface area contributed by atoms with Crippen molar-refractivity contribution in [1.82, 2.24) is 0 Å². The minimum Gasteiger partial charge on any atom is -0.468 e. The molecule has 0 atom stereocenters. The number of nitro benzene ring substituents is 1. The van der Waals surface area contributed by atoms with Gasteiger partial charge < -0.3 is 4.74 Å². The van der Waals surface area contributed by atoms with Crippen LogP contribution in [0.1, 0.15) is 40.2 Å². The molecule has 0 fully saturated rings. The first-order valence-electron chi connectivity index (χ1n) is 7.49. The van der Waals surface area contributed by atoms with Crippen molar-refractivity contribution >= 4 is 39.2 Å². The van der Waals surface area contributed by atoms with Crippen LogP contribution in [0.15, 0.2) is 27.7 Å². The summed E-state index contributed by atoms with van der Waals surface area (Å²) in [5.41, 5.74) is -2.35. The van der Waals surface area contributed by atoms with E-state index in [1.165, 1.54) is 33.1 Å². The number of para-hydroxylation sites is 1. The number of amides is 1. The fourth-order valence-electron chi connectivity index (χ4n) is 2.05. The molecule has 1 aromatic rings. The Labute approximate surface area is 154 Å². The number of nitro groups is 1. The molecule has 8 heteroatoms. The number of esters is 1. The Morgan fingerprint density at radius 1 is 1.20 bits per heavy atom. The number of carbonyl (C=O) groups is 2. The van der Waals surface area contributed by atoms with Crippen LogP contribution < -0.4 is 0 Å². The van der Waals surface area contributed by atoms with Gasteiger partial charge in [-0.25, -0.2) is 4.99 Å². The average Bonchev–Trinajstić information content (AvgIpc) is 2.49. The molecule has 1 aromatic carbocycles. The molecule has 0 heterocycles. The normalized spacial score (nSPS) is 12.7. The van der Waals surface area contributed by atoms with Gasteiger partial charge in [-0.05, 0) is 41.9 Å². The Hall–Kier alpha value is -2.09. The lowest BCUT2D eigenvalue weighted by molar-refractivity contribution is -0.385. The second kappa shape index (κ2) is 7.43. The molecule has 0 aromatic heterocycles. The molecule has 7 nitrogen and oxygen atoms in total. The third kappa shape index (κ3) is 4.50. The second-order valence-corrected chi connectivity index (χ2v) is 7.88. The summed E-state index contributed by atoms with van der Waals surface area (Å²) in [5, 5.41) is 11.5. The van der Waals surface area contributed by atoms with E-state index in [4.69, 9.17) is 4.74 Å². The lowest BCUT2D eigenvalue weighted by Gasteiger charge is -2.25. The molecule has 0 N–H and O–H groups in total. The van der Waals surface area contributed by atoms with Crippen molar-refractivity contribution in [3.05, 3.63) is 38.3 Å². The van der Waals surface area contributed by atoms with Gasteiger partial charge >= 0.3 is 5.97 Å². The maximum Gasteiger partial charge on any atom is 0.317 e. The molecule has 0 saturated heterocycles. The first-order valence-corrected chi connectivity index (χ1v) is 8.28. The zero-order chi connectivity index (χ0) is 19.6. The Morgan fingerprint density at radius 2 is 1.76 bits per heavy atom. The molecule has 136 valence electrons. The molecular weight excluding hydrogens is 392 g/mol. The van der Waals surface area contributed by atoms with Crippen LogP contribution in [0, 0.1) is 20.9 Å². The summed E-state index contributed by atoms with van der Waals surface area (Å²) in [5.74, 6) is -1.14. The number of aliphatic imine (C=N–C) groups is 1. The Bertz CT molecular complexity index is 748. The number of methoxy groups -OCH3 is 1. The van der Waals surface area contributed by atoms with Gasteiger partial charge in [0.2, 0.25) is 0 Å². The largest absolute Gasteiger partial charge is 0.468 e. The van der Waals surface area contributed by atoms with Crippen molar-refractivity contribution in [2.24, 2.45) is 15.8 Å². The number of nitrogens with zero attached hydrogens (tertiary/aromatic N) is 2. The molecule has 0 aliphatic rings. The van der Waals surface area contributed by atoms with Crippen molar-refractivity contribution < 1.29 is 19.2 Å². The second-order valence-electron chi connectivity index (χ2n) is 7.03. The SMILES string of the molecule is COC(=O)C(C)(C)C(=NC(=O)C(C)(C)C)c1cccc(Br)c1[N+](=O)[O-]. The highest BCUT2D eigenvalue weighted by atomic mass is 79.9. The van der Waals surface area contributed by atoms with Crippen molar-refractivity contribution in [2.75, 3.05) is 7.11 Å². The van der Waals surface area contributed by atoms with Crippen LogP contribution in [0.25, 0.3) is 0 Å². The van der Waals surface area contributed by atoms with Crippen molar-refractivity contribution in [3.63, 3.8) is 0 Å². The molecular formula is C17H21BrN2O5. The van der Waals surface area contributed by atoms with Gasteiger partial charge in [0, 0.05) is 5.41 Å². The van der Waals surface area contributed by atoms with Gasteiger partial charge in [-0.2, -0.15) is 0 Å². The van der Waals surface area contributed by atoms with Crippen LogP contribution in [0.5, 0.6) is 0 Å². The predicted molar refractivity (Wildman–Crippen MR) is 97.6 cm³/mol. The monoisotopic (exact) mass is 412 g/mol. The van der Waals surface area contributed by atoms with E-state index in [1.807, 2.05) is 0 Å². The van der Waals surface area contributed by atoms with E-state index in [-0.39, 0.29) is 21.4 Å². The summed E-state index contributed by atoms with van der Waals surface area (Å²) in [6, 6.07) is 4.55. The number of carbonyl (C=O) groups excluding carboxylic acids is 2. The van der Waals surface area contributed by atoms with Crippen LogP contribution in [-0.2, 0) is 14.3 Å². The minimum atomic E-state index is -1.36. The first-order chi connectivity index (χ1) is 11.3. The number of hydrogen-bond acceptors (Lipinski definition) is 5. The van der Waals surface area contributed by atoms with Crippen LogP contribution in [0.4, 0.5) is 5.69 Å². The van der Waals surface area contributed by atoms with E-state index in [1.54, 1.807) is 26.8 Å². The maximum atomic E-state index is 12.5. The molecule has 0 unspecified atom stereocenters. The van der Waals surface area contributed by atoms with Gasteiger partial charge in [0.25, 0.3) is 11.6 Å². The molecule has 1 rings (SSSR count). The highest BCUT2D eigenvalue weighted by Crippen LogP contribution is 2.35. The van der Waals surface area contributed by atoms with E-state index in [2.05, 4.69) is 20.9 Å². The quantitative estimate of drug-likeness (QED) is 0.323. The zero-order valence-electron chi connectivity index (χ0n) is 15.0. The number of hydrogen-bond donors (Lipinski definition) is 0. The molecule has 0 aliphatic heterocycles. The number of rotatable bonds is 4. The van der Waals surface area contributed by atoms with Crippen LogP contribution in [0.2, 0.25) is 0 Å². The highest BCUT2D eigenvalue weighted by molar-refractivity contribution is 9.10. The van der Waals surface area contributed by atoms with Gasteiger partial charge in [-0.15, -0.1) is 0 Å². The molecule has 1 amide bonds. The molecule has 25 heavy (non-hydrogen) atoms. The van der Waals surface area contributed by atoms with Crippen molar-refractivity contribution in [2.45, 2.75) is 34.6 Å². The third-order valence-corrected chi connectivity index (χ3v) is 4.21. The van der Waals surface area contributed by atoms with Crippen LogP contribution >= 0.6 is 15.9 Å². The molecule has 0 spiro atoms. The maximum absolute atomic E-state index is 12.5. The van der Waals surface area contributed by atoms with E-state index >= 15 is 0 Å². The molecule has 0 radical (unpaired) electrons. The molecule has 0 saturated carbocycles. The minimum absolute atomic E-state index is 0.00715. The summed E-state index contributed by atoms with van der Waals surface area (Å²) in [7, 11) is 1.21. The number of benzene rings is 1.